The first-order valence-electron chi connectivity index (χ1n) is 9.53. The van der Waals surface area contributed by atoms with E-state index in [0.717, 1.165) is 6.42 Å². The Morgan fingerprint density at radius 1 is 1.26 bits per heavy atom. The van der Waals surface area contributed by atoms with Gasteiger partial charge in [-0.1, -0.05) is 25.9 Å². The third kappa shape index (κ3) is 4.47. The minimum absolute atomic E-state index is 0.175. The van der Waals surface area contributed by atoms with E-state index in [4.69, 9.17) is 4.52 Å². The fourth-order valence-corrected chi connectivity index (χ4v) is 3.72. The number of anilines is 1. The Hall–Kier alpha value is -1.99. The predicted molar refractivity (Wildman–Crippen MR) is 95.5 cm³/mol. The van der Waals surface area contributed by atoms with E-state index in [0.29, 0.717) is 24.5 Å². The van der Waals surface area contributed by atoms with Crippen molar-refractivity contribution in [1.82, 2.24) is 10.1 Å². The van der Waals surface area contributed by atoms with E-state index in [1.807, 2.05) is 20.8 Å². The number of aromatic nitrogens is 1. The Labute approximate surface area is 157 Å². The van der Waals surface area contributed by atoms with Crippen molar-refractivity contribution >= 4 is 17.6 Å². The molecule has 1 saturated carbocycles. The molecule has 2 heterocycles. The molecule has 1 aromatic heterocycles. The maximum atomic E-state index is 13.3. The monoisotopic (exact) mass is 383 g/mol. The summed E-state index contributed by atoms with van der Waals surface area (Å²) in [7, 11) is 0. The highest BCUT2D eigenvalue weighted by atomic mass is 19.3. The van der Waals surface area contributed by atoms with E-state index < -0.39 is 17.9 Å². The van der Waals surface area contributed by atoms with E-state index in [1.54, 1.807) is 11.0 Å². The molecule has 6 nitrogen and oxygen atoms in total. The fraction of sp³-hybridized carbons (Fsp3) is 0.737. The number of carbonyl (C=O) groups excluding carboxylic acids is 2. The molecular weight excluding hydrogens is 356 g/mol. The Morgan fingerprint density at radius 2 is 1.93 bits per heavy atom. The average molecular weight is 383 g/mol. The first-order chi connectivity index (χ1) is 12.6. The molecule has 1 aliphatic carbocycles. The highest BCUT2D eigenvalue weighted by Gasteiger charge is 2.42. The maximum Gasteiger partial charge on any atom is 0.248 e. The van der Waals surface area contributed by atoms with Gasteiger partial charge in [0.1, 0.15) is 11.8 Å². The Balaban J connectivity index is 1.62. The number of halogens is 2. The second-order valence-electron chi connectivity index (χ2n) is 8.64. The van der Waals surface area contributed by atoms with Crippen LogP contribution in [-0.4, -0.2) is 40.4 Å². The van der Waals surface area contributed by atoms with Crippen molar-refractivity contribution in [3.63, 3.8) is 0 Å². The van der Waals surface area contributed by atoms with Crippen LogP contribution < -0.4 is 5.32 Å². The molecule has 0 radical (unpaired) electrons. The van der Waals surface area contributed by atoms with Crippen LogP contribution >= 0.6 is 0 Å². The summed E-state index contributed by atoms with van der Waals surface area (Å²) in [6.45, 7) is 6.41. The molecule has 1 aliphatic heterocycles. The van der Waals surface area contributed by atoms with Gasteiger partial charge < -0.3 is 14.7 Å². The van der Waals surface area contributed by atoms with Gasteiger partial charge in [0.2, 0.25) is 17.7 Å². The van der Waals surface area contributed by atoms with Gasteiger partial charge in [0.25, 0.3) is 0 Å². The van der Waals surface area contributed by atoms with Gasteiger partial charge in [0.15, 0.2) is 5.82 Å². The SMILES string of the molecule is CC(C)(C)c1cc(NC(=O)[C@@H]2CCCN2C(=O)C2CCC(F)(F)CC2)no1. The Kier molecular flexibility index (Phi) is 5.27. The van der Waals surface area contributed by atoms with Crippen LogP contribution in [0.1, 0.15) is 65.1 Å². The van der Waals surface area contributed by atoms with Gasteiger partial charge in [-0.3, -0.25) is 9.59 Å². The van der Waals surface area contributed by atoms with Crippen LogP contribution in [0.25, 0.3) is 0 Å². The van der Waals surface area contributed by atoms with Crippen LogP contribution in [0.15, 0.2) is 10.6 Å². The molecule has 2 aliphatic rings. The van der Waals surface area contributed by atoms with E-state index in [1.165, 1.54) is 0 Å². The lowest BCUT2D eigenvalue weighted by Gasteiger charge is -2.32. The number of carbonyl (C=O) groups is 2. The van der Waals surface area contributed by atoms with Crippen LogP contribution in [0, 0.1) is 5.92 Å². The lowest BCUT2D eigenvalue weighted by atomic mass is 9.85. The van der Waals surface area contributed by atoms with Crippen LogP contribution in [0.3, 0.4) is 0 Å². The Bertz CT molecular complexity index is 701. The molecule has 1 aromatic rings. The first kappa shape index (κ1) is 19.8. The van der Waals surface area contributed by atoms with Crippen molar-refractivity contribution < 1.29 is 22.9 Å². The molecule has 1 N–H and O–H groups in total. The zero-order chi connectivity index (χ0) is 19.8. The van der Waals surface area contributed by atoms with Gasteiger partial charge in [-0.2, -0.15) is 0 Å². The topological polar surface area (TPSA) is 75.4 Å². The number of rotatable bonds is 3. The maximum absolute atomic E-state index is 13.3. The zero-order valence-electron chi connectivity index (χ0n) is 16.1. The molecule has 150 valence electrons. The number of hydrogen-bond donors (Lipinski definition) is 1. The standard InChI is InChI=1S/C19H27F2N3O3/c1-18(2,3)14-11-15(23-27-14)22-16(25)13-5-4-10-24(13)17(26)12-6-8-19(20,21)9-7-12/h11-13H,4-10H2,1-3H3,(H,22,23,25)/t13-/m0/s1. The summed E-state index contributed by atoms with van der Waals surface area (Å²) in [5.74, 6) is -2.61. The van der Waals surface area contributed by atoms with Crippen LogP contribution in [0.5, 0.6) is 0 Å². The van der Waals surface area contributed by atoms with Crippen molar-refractivity contribution in [3.8, 4) is 0 Å². The lowest BCUT2D eigenvalue weighted by Crippen LogP contribution is -2.46. The lowest BCUT2D eigenvalue weighted by molar-refractivity contribution is -0.143. The minimum atomic E-state index is -2.67. The Morgan fingerprint density at radius 3 is 2.52 bits per heavy atom. The summed E-state index contributed by atoms with van der Waals surface area (Å²) in [6, 6.07) is 1.09. The van der Waals surface area contributed by atoms with Gasteiger partial charge in [0, 0.05) is 36.8 Å². The molecule has 2 fully saturated rings. The largest absolute Gasteiger partial charge is 0.359 e. The minimum Gasteiger partial charge on any atom is -0.359 e. The second kappa shape index (κ2) is 7.20. The number of nitrogens with one attached hydrogen (secondary N) is 1. The summed E-state index contributed by atoms with van der Waals surface area (Å²) in [5.41, 5.74) is -0.228. The summed E-state index contributed by atoms with van der Waals surface area (Å²) >= 11 is 0. The van der Waals surface area contributed by atoms with E-state index in [-0.39, 0.29) is 42.9 Å². The summed E-state index contributed by atoms with van der Waals surface area (Å²) in [5, 5.41) is 6.60. The van der Waals surface area contributed by atoms with Crippen molar-refractivity contribution in [1.29, 1.82) is 0 Å². The number of alkyl halides is 2. The molecule has 27 heavy (non-hydrogen) atoms. The molecule has 1 atom stereocenters. The zero-order valence-corrected chi connectivity index (χ0v) is 16.1. The number of amides is 2. The third-order valence-corrected chi connectivity index (χ3v) is 5.41. The van der Waals surface area contributed by atoms with Gasteiger partial charge in [-0.25, -0.2) is 8.78 Å². The smallest absolute Gasteiger partial charge is 0.248 e. The molecule has 2 amide bonds. The highest BCUT2D eigenvalue weighted by molar-refractivity contribution is 5.97. The van der Waals surface area contributed by atoms with Crippen molar-refractivity contribution in [3.05, 3.63) is 11.8 Å². The molecule has 8 heteroatoms. The highest BCUT2D eigenvalue weighted by Crippen LogP contribution is 2.37. The number of hydrogen-bond acceptors (Lipinski definition) is 4. The van der Waals surface area contributed by atoms with E-state index in [9.17, 15) is 18.4 Å². The molecule has 0 bridgehead atoms. The van der Waals surface area contributed by atoms with Crippen molar-refractivity contribution in [2.75, 3.05) is 11.9 Å². The molecule has 1 saturated heterocycles. The summed E-state index contributed by atoms with van der Waals surface area (Å²) in [6.07, 6.45) is 1.11. The fourth-order valence-electron chi connectivity index (χ4n) is 3.72. The van der Waals surface area contributed by atoms with Gasteiger partial charge in [-0.05, 0) is 25.7 Å². The van der Waals surface area contributed by atoms with Gasteiger partial charge in [-0.15, -0.1) is 0 Å². The summed E-state index contributed by atoms with van der Waals surface area (Å²) < 4.78 is 32.0. The third-order valence-electron chi connectivity index (χ3n) is 5.41. The van der Waals surface area contributed by atoms with E-state index in [2.05, 4.69) is 10.5 Å². The van der Waals surface area contributed by atoms with Crippen LogP contribution in [0.4, 0.5) is 14.6 Å². The number of nitrogens with zero attached hydrogens (tertiary/aromatic N) is 2. The van der Waals surface area contributed by atoms with Crippen LogP contribution in [-0.2, 0) is 15.0 Å². The molecule has 0 aromatic carbocycles. The van der Waals surface area contributed by atoms with Gasteiger partial charge in [0.05, 0.1) is 0 Å². The molecule has 3 rings (SSSR count). The molecule has 0 spiro atoms. The molecule has 0 unspecified atom stereocenters. The average Bonchev–Trinajstić information content (AvgIpc) is 3.22. The van der Waals surface area contributed by atoms with Gasteiger partial charge >= 0.3 is 0 Å². The number of likely N-dealkylation sites (tertiary alicyclic amines) is 1. The van der Waals surface area contributed by atoms with Crippen molar-refractivity contribution in [2.24, 2.45) is 5.92 Å². The first-order valence-corrected chi connectivity index (χ1v) is 9.53. The predicted octanol–water partition coefficient (Wildman–Crippen LogP) is 3.73. The van der Waals surface area contributed by atoms with Crippen LogP contribution in [0.2, 0.25) is 0 Å². The second-order valence-corrected chi connectivity index (χ2v) is 8.64. The summed E-state index contributed by atoms with van der Waals surface area (Å²) in [4.78, 5) is 27.0. The van der Waals surface area contributed by atoms with Crippen molar-refractivity contribution in [2.45, 2.75) is 76.7 Å². The van der Waals surface area contributed by atoms with E-state index >= 15 is 0 Å². The quantitative estimate of drug-likeness (QED) is 0.863. The normalized spacial score (nSPS) is 23.4. The molecular formula is C19H27F2N3O3.